The van der Waals surface area contributed by atoms with Crippen molar-refractivity contribution in [1.29, 1.82) is 0 Å². The molecular weight excluding hydrogens is 282 g/mol. The lowest BCUT2D eigenvalue weighted by molar-refractivity contribution is -0.142. The van der Waals surface area contributed by atoms with Crippen molar-refractivity contribution in [2.24, 2.45) is 0 Å². The number of nitrogens with one attached hydrogen (secondary N) is 2. The molecule has 3 rings (SSSR count). The van der Waals surface area contributed by atoms with Gasteiger partial charge in [0.2, 0.25) is 5.91 Å². The number of benzene rings is 1. The highest BCUT2D eigenvalue weighted by atomic mass is 16.4. The van der Waals surface area contributed by atoms with E-state index in [2.05, 4.69) is 10.3 Å². The summed E-state index contributed by atoms with van der Waals surface area (Å²) < 4.78 is 0. The average molecular weight is 301 g/mol. The van der Waals surface area contributed by atoms with Crippen molar-refractivity contribution in [3.63, 3.8) is 0 Å². The molecule has 1 amide bonds. The summed E-state index contributed by atoms with van der Waals surface area (Å²) in [5.41, 5.74) is 2.19. The normalized spacial score (nSPS) is 18.5. The Kier molecular flexibility index (Phi) is 4.11. The minimum absolute atomic E-state index is 0.0121. The largest absolute Gasteiger partial charge is 0.480 e. The monoisotopic (exact) mass is 301 g/mol. The molecule has 0 aliphatic carbocycles. The number of aliphatic carboxylic acids is 1. The fraction of sp³-hybridized carbons (Fsp3) is 0.375. The van der Waals surface area contributed by atoms with Crippen molar-refractivity contribution >= 4 is 22.8 Å². The first-order valence-corrected chi connectivity index (χ1v) is 7.44. The van der Waals surface area contributed by atoms with Gasteiger partial charge in [-0.1, -0.05) is 18.2 Å². The summed E-state index contributed by atoms with van der Waals surface area (Å²) in [6, 6.07) is 7.34. The van der Waals surface area contributed by atoms with E-state index in [-0.39, 0.29) is 12.5 Å². The second-order valence-electron chi connectivity index (χ2n) is 5.54. The van der Waals surface area contributed by atoms with E-state index in [9.17, 15) is 9.59 Å². The zero-order valence-corrected chi connectivity index (χ0v) is 12.2. The van der Waals surface area contributed by atoms with Crippen molar-refractivity contribution in [3.8, 4) is 0 Å². The minimum atomic E-state index is -0.908. The van der Waals surface area contributed by atoms with E-state index in [1.165, 1.54) is 0 Å². The predicted octanol–water partition coefficient (Wildman–Crippen LogP) is 0.985. The van der Waals surface area contributed by atoms with Crippen molar-refractivity contribution in [1.82, 2.24) is 15.2 Å². The lowest BCUT2D eigenvalue weighted by Crippen LogP contribution is -2.55. The molecule has 1 aliphatic heterocycles. The van der Waals surface area contributed by atoms with Gasteiger partial charge in [-0.3, -0.25) is 9.59 Å². The Morgan fingerprint density at radius 3 is 2.95 bits per heavy atom. The van der Waals surface area contributed by atoms with E-state index < -0.39 is 12.0 Å². The molecule has 3 N–H and O–H groups in total. The molecule has 1 fully saturated rings. The number of hydrogen-bond acceptors (Lipinski definition) is 3. The maximum Gasteiger partial charge on any atom is 0.322 e. The van der Waals surface area contributed by atoms with Gasteiger partial charge in [0.1, 0.15) is 6.04 Å². The number of carboxylic acids is 1. The van der Waals surface area contributed by atoms with Gasteiger partial charge < -0.3 is 20.3 Å². The minimum Gasteiger partial charge on any atom is -0.480 e. The van der Waals surface area contributed by atoms with Gasteiger partial charge in [-0.2, -0.15) is 0 Å². The third-order valence-corrected chi connectivity index (χ3v) is 4.11. The number of aryl methyl sites for hydroxylation is 1. The molecule has 6 heteroatoms. The molecule has 0 bridgehead atoms. The molecule has 1 saturated heterocycles. The third-order valence-electron chi connectivity index (χ3n) is 4.11. The molecule has 22 heavy (non-hydrogen) atoms. The van der Waals surface area contributed by atoms with Crippen LogP contribution in [0.1, 0.15) is 12.0 Å². The molecule has 0 saturated carbocycles. The van der Waals surface area contributed by atoms with Gasteiger partial charge in [0.05, 0.1) is 0 Å². The van der Waals surface area contributed by atoms with Crippen molar-refractivity contribution in [2.75, 3.05) is 19.6 Å². The zero-order chi connectivity index (χ0) is 15.5. The molecular formula is C16H19N3O3. The van der Waals surface area contributed by atoms with Crippen LogP contribution < -0.4 is 5.32 Å². The Balaban J connectivity index is 1.61. The number of H-pyrrole nitrogens is 1. The average Bonchev–Trinajstić information content (AvgIpc) is 2.96. The quantitative estimate of drug-likeness (QED) is 0.786. The van der Waals surface area contributed by atoms with E-state index in [0.717, 1.165) is 16.5 Å². The van der Waals surface area contributed by atoms with Gasteiger partial charge in [-0.15, -0.1) is 0 Å². The van der Waals surface area contributed by atoms with Gasteiger partial charge in [0.25, 0.3) is 0 Å². The van der Waals surface area contributed by atoms with E-state index in [1.54, 1.807) is 4.90 Å². The SMILES string of the molecule is O=C(O)[C@@H]1CN(C(=O)CCc2c[nH]c3ccccc23)CCN1. The number of aromatic nitrogens is 1. The molecule has 0 radical (unpaired) electrons. The Bertz CT molecular complexity index is 695. The summed E-state index contributed by atoms with van der Waals surface area (Å²) in [4.78, 5) is 28.1. The first kappa shape index (κ1) is 14.6. The van der Waals surface area contributed by atoms with Gasteiger partial charge in [0, 0.05) is 43.2 Å². The van der Waals surface area contributed by atoms with Crippen LogP contribution in [-0.2, 0) is 16.0 Å². The zero-order valence-electron chi connectivity index (χ0n) is 12.2. The molecule has 2 aromatic rings. The number of nitrogens with zero attached hydrogens (tertiary/aromatic N) is 1. The summed E-state index contributed by atoms with van der Waals surface area (Å²) in [5.74, 6) is -0.896. The van der Waals surface area contributed by atoms with Gasteiger partial charge in [-0.05, 0) is 18.1 Å². The van der Waals surface area contributed by atoms with Crippen molar-refractivity contribution in [2.45, 2.75) is 18.9 Å². The maximum absolute atomic E-state index is 12.3. The smallest absolute Gasteiger partial charge is 0.322 e. The molecule has 0 unspecified atom stereocenters. The molecule has 1 atom stereocenters. The van der Waals surface area contributed by atoms with Crippen LogP contribution in [0.15, 0.2) is 30.5 Å². The first-order valence-electron chi connectivity index (χ1n) is 7.44. The molecule has 116 valence electrons. The van der Waals surface area contributed by atoms with Crippen molar-refractivity contribution in [3.05, 3.63) is 36.0 Å². The summed E-state index contributed by atoms with van der Waals surface area (Å²) >= 11 is 0. The highest BCUT2D eigenvalue weighted by Crippen LogP contribution is 2.19. The molecule has 0 spiro atoms. The van der Waals surface area contributed by atoms with E-state index in [4.69, 9.17) is 5.11 Å². The van der Waals surface area contributed by atoms with Crippen LogP contribution >= 0.6 is 0 Å². The standard InChI is InChI=1S/C16H19N3O3/c20-15(19-8-7-17-14(10-19)16(21)22)6-5-11-9-18-13-4-2-1-3-12(11)13/h1-4,9,14,17-18H,5-8,10H2,(H,21,22)/t14-/m0/s1. The number of para-hydroxylation sites is 1. The fourth-order valence-electron chi connectivity index (χ4n) is 2.88. The van der Waals surface area contributed by atoms with Gasteiger partial charge in [-0.25, -0.2) is 0 Å². The number of aromatic amines is 1. The number of carboxylic acid groups (broad SMARTS) is 1. The van der Waals surface area contributed by atoms with E-state index >= 15 is 0 Å². The molecule has 1 aromatic heterocycles. The van der Waals surface area contributed by atoms with Crippen molar-refractivity contribution < 1.29 is 14.7 Å². The Hall–Kier alpha value is -2.34. The summed E-state index contributed by atoms with van der Waals surface area (Å²) in [7, 11) is 0. The second-order valence-corrected chi connectivity index (χ2v) is 5.54. The Labute approximate surface area is 128 Å². The van der Waals surface area contributed by atoms with Crippen LogP contribution in [0.3, 0.4) is 0 Å². The lowest BCUT2D eigenvalue weighted by atomic mass is 10.1. The molecule has 2 heterocycles. The highest BCUT2D eigenvalue weighted by molar-refractivity contribution is 5.84. The molecule has 1 aliphatic rings. The predicted molar refractivity (Wildman–Crippen MR) is 82.6 cm³/mol. The summed E-state index contributed by atoms with van der Waals surface area (Å²) in [6.45, 7) is 1.33. The number of carbonyl (C=O) groups is 2. The Morgan fingerprint density at radius 2 is 2.14 bits per heavy atom. The van der Waals surface area contributed by atoms with Crippen LogP contribution in [0.25, 0.3) is 10.9 Å². The number of hydrogen-bond donors (Lipinski definition) is 3. The first-order chi connectivity index (χ1) is 10.6. The van der Waals surface area contributed by atoms with E-state index in [0.29, 0.717) is 25.9 Å². The lowest BCUT2D eigenvalue weighted by Gasteiger charge is -2.31. The van der Waals surface area contributed by atoms with Gasteiger partial charge >= 0.3 is 5.97 Å². The second kappa shape index (κ2) is 6.19. The van der Waals surface area contributed by atoms with Crippen LogP contribution in [0, 0.1) is 0 Å². The number of piperazine rings is 1. The summed E-state index contributed by atoms with van der Waals surface area (Å²) in [5, 5.41) is 13.1. The fourth-order valence-corrected chi connectivity index (χ4v) is 2.88. The number of amides is 1. The topological polar surface area (TPSA) is 85.4 Å². The maximum atomic E-state index is 12.3. The molecule has 1 aromatic carbocycles. The highest BCUT2D eigenvalue weighted by Gasteiger charge is 2.27. The van der Waals surface area contributed by atoms with Crippen LogP contribution in [0.4, 0.5) is 0 Å². The van der Waals surface area contributed by atoms with Crippen LogP contribution in [-0.4, -0.2) is 52.5 Å². The molecule has 6 nitrogen and oxygen atoms in total. The van der Waals surface area contributed by atoms with Crippen LogP contribution in [0.5, 0.6) is 0 Å². The van der Waals surface area contributed by atoms with E-state index in [1.807, 2.05) is 30.5 Å². The third kappa shape index (κ3) is 2.96. The van der Waals surface area contributed by atoms with Gasteiger partial charge in [0.15, 0.2) is 0 Å². The number of carbonyl (C=O) groups excluding carboxylic acids is 1. The summed E-state index contributed by atoms with van der Waals surface area (Å²) in [6.07, 6.45) is 2.99. The Morgan fingerprint density at radius 1 is 1.32 bits per heavy atom. The number of rotatable bonds is 4. The van der Waals surface area contributed by atoms with Crippen LogP contribution in [0.2, 0.25) is 0 Å². The number of fused-ring (bicyclic) bond motifs is 1.